The zero-order valence-electron chi connectivity index (χ0n) is 18.6. The maximum atomic E-state index is 12.0. The number of benzene rings is 1. The van der Waals surface area contributed by atoms with Crippen LogP contribution in [0.4, 0.5) is 0 Å². The van der Waals surface area contributed by atoms with Crippen LogP contribution in [0.2, 0.25) is 0 Å². The lowest BCUT2D eigenvalue weighted by Crippen LogP contribution is -2.52. The Labute approximate surface area is 198 Å². The molecule has 2 bridgehead atoms. The van der Waals surface area contributed by atoms with E-state index in [9.17, 15) is 4.79 Å². The molecule has 2 atom stereocenters. The predicted molar refractivity (Wildman–Crippen MR) is 134 cm³/mol. The van der Waals surface area contributed by atoms with E-state index in [1.165, 1.54) is 18.4 Å². The molecular weight excluding hydrogens is 489 g/mol. The van der Waals surface area contributed by atoms with Gasteiger partial charge >= 0.3 is 0 Å². The Morgan fingerprint density at radius 2 is 1.83 bits per heavy atom. The summed E-state index contributed by atoms with van der Waals surface area (Å²) in [6.45, 7) is 4.31. The maximum absolute atomic E-state index is 12.0. The number of rotatable bonds is 8. The van der Waals surface area contributed by atoms with Crippen LogP contribution >= 0.6 is 24.0 Å². The van der Waals surface area contributed by atoms with Crippen molar-refractivity contribution >= 4 is 35.8 Å². The number of unbranched alkanes of at least 4 members (excludes halogenated alkanes) is 1. The second-order valence-corrected chi connectivity index (χ2v) is 8.59. The molecule has 2 fully saturated rings. The summed E-state index contributed by atoms with van der Waals surface area (Å²) in [5.41, 5.74) is 1.40. The maximum Gasteiger partial charge on any atom is 0.243 e. The van der Waals surface area contributed by atoms with Crippen molar-refractivity contribution in [3.8, 4) is 0 Å². The first-order valence-electron chi connectivity index (χ1n) is 11.1. The van der Waals surface area contributed by atoms with Gasteiger partial charge in [-0.1, -0.05) is 43.7 Å². The summed E-state index contributed by atoms with van der Waals surface area (Å²) in [7, 11) is 3.55. The molecule has 0 aromatic heterocycles. The van der Waals surface area contributed by atoms with Gasteiger partial charge < -0.3 is 15.5 Å². The standard InChI is InChI=1S/C23H37N5O.HI/c1-4-5-13-24-23(25-16-22(29)27(2)3)26-19-14-20-11-12-21(15-19)28(20)17-18-9-7-6-8-10-18;/h6-10,19-21H,4-5,11-17H2,1-3H3,(H2,24,25,26);1H. The van der Waals surface area contributed by atoms with Crippen LogP contribution in [0.1, 0.15) is 51.0 Å². The lowest BCUT2D eigenvalue weighted by Gasteiger charge is -2.39. The van der Waals surface area contributed by atoms with E-state index in [0.29, 0.717) is 18.1 Å². The predicted octanol–water partition coefficient (Wildman–Crippen LogP) is 3.22. The molecule has 3 rings (SSSR count). The van der Waals surface area contributed by atoms with Gasteiger partial charge in [-0.05, 0) is 37.7 Å². The highest BCUT2D eigenvalue weighted by Gasteiger charge is 2.40. The number of aliphatic imine (C=N–C) groups is 1. The average molecular weight is 527 g/mol. The minimum Gasteiger partial charge on any atom is -0.356 e. The van der Waals surface area contributed by atoms with Gasteiger partial charge in [0.15, 0.2) is 5.96 Å². The van der Waals surface area contributed by atoms with Crippen molar-refractivity contribution in [1.29, 1.82) is 0 Å². The molecule has 0 aliphatic carbocycles. The molecule has 0 saturated carbocycles. The molecule has 2 saturated heterocycles. The zero-order chi connectivity index (χ0) is 20.6. The highest BCUT2D eigenvalue weighted by Crippen LogP contribution is 2.36. The quantitative estimate of drug-likeness (QED) is 0.236. The number of fused-ring (bicyclic) bond motifs is 2. The number of nitrogens with zero attached hydrogens (tertiary/aromatic N) is 3. The Hall–Kier alpha value is -1.35. The third-order valence-electron chi connectivity index (χ3n) is 6.13. The summed E-state index contributed by atoms with van der Waals surface area (Å²) >= 11 is 0. The molecule has 2 N–H and O–H groups in total. The molecule has 2 aliphatic heterocycles. The van der Waals surface area contributed by atoms with Crippen molar-refractivity contribution in [3.63, 3.8) is 0 Å². The van der Waals surface area contributed by atoms with Crippen LogP contribution in [0.5, 0.6) is 0 Å². The fraction of sp³-hybridized carbons (Fsp3) is 0.652. The van der Waals surface area contributed by atoms with Gasteiger partial charge in [-0.25, -0.2) is 4.99 Å². The summed E-state index contributed by atoms with van der Waals surface area (Å²) < 4.78 is 0. The van der Waals surface area contributed by atoms with Gasteiger partial charge in [0.25, 0.3) is 0 Å². The Bertz CT molecular complexity index is 667. The number of halogens is 1. The topological polar surface area (TPSA) is 60.0 Å². The minimum atomic E-state index is 0. The van der Waals surface area contributed by atoms with Gasteiger partial charge in [0.2, 0.25) is 5.91 Å². The number of hydrogen-bond donors (Lipinski definition) is 2. The van der Waals surface area contributed by atoms with E-state index in [1.807, 2.05) is 0 Å². The molecule has 168 valence electrons. The second-order valence-electron chi connectivity index (χ2n) is 8.59. The molecule has 2 aliphatic rings. The third-order valence-corrected chi connectivity index (χ3v) is 6.13. The van der Waals surface area contributed by atoms with E-state index >= 15 is 0 Å². The smallest absolute Gasteiger partial charge is 0.243 e. The summed E-state index contributed by atoms with van der Waals surface area (Å²) in [6, 6.07) is 12.5. The van der Waals surface area contributed by atoms with Crippen molar-refractivity contribution in [1.82, 2.24) is 20.4 Å². The number of hydrogen-bond acceptors (Lipinski definition) is 3. The number of carbonyl (C=O) groups is 1. The lowest BCUT2D eigenvalue weighted by molar-refractivity contribution is -0.127. The monoisotopic (exact) mass is 527 g/mol. The molecule has 2 heterocycles. The van der Waals surface area contributed by atoms with Gasteiger partial charge in [0.1, 0.15) is 6.54 Å². The van der Waals surface area contributed by atoms with Crippen LogP contribution in [0.3, 0.4) is 0 Å². The number of nitrogens with one attached hydrogen (secondary N) is 2. The summed E-state index contributed by atoms with van der Waals surface area (Å²) in [5.74, 6) is 0.814. The van der Waals surface area contributed by atoms with Gasteiger partial charge in [-0.2, -0.15) is 0 Å². The Morgan fingerprint density at radius 1 is 1.17 bits per heavy atom. The van der Waals surface area contributed by atoms with E-state index in [0.717, 1.165) is 44.7 Å². The summed E-state index contributed by atoms with van der Waals surface area (Å²) in [4.78, 5) is 20.8. The third kappa shape index (κ3) is 7.11. The second kappa shape index (κ2) is 12.5. The largest absolute Gasteiger partial charge is 0.356 e. The van der Waals surface area contributed by atoms with Gasteiger partial charge in [-0.3, -0.25) is 9.69 Å². The molecule has 7 heteroatoms. The summed E-state index contributed by atoms with van der Waals surface area (Å²) in [5, 5.41) is 7.05. The van der Waals surface area contributed by atoms with Crippen molar-refractivity contribution in [2.75, 3.05) is 27.2 Å². The molecule has 1 aromatic carbocycles. The SMILES string of the molecule is CCCCNC(=NCC(=O)N(C)C)NC1CC2CCC(C1)N2Cc1ccccc1.I. The van der Waals surface area contributed by atoms with Crippen molar-refractivity contribution in [3.05, 3.63) is 35.9 Å². The van der Waals surface area contributed by atoms with Crippen LogP contribution in [0.25, 0.3) is 0 Å². The van der Waals surface area contributed by atoms with Gasteiger partial charge in [0, 0.05) is 45.3 Å². The molecule has 6 nitrogen and oxygen atoms in total. The van der Waals surface area contributed by atoms with E-state index in [1.54, 1.807) is 19.0 Å². The first-order valence-corrected chi connectivity index (χ1v) is 11.1. The van der Waals surface area contributed by atoms with Crippen molar-refractivity contribution < 1.29 is 4.79 Å². The first kappa shape index (κ1) is 24.9. The Kier molecular flexibility index (Phi) is 10.4. The van der Waals surface area contributed by atoms with Gasteiger partial charge in [-0.15, -0.1) is 24.0 Å². The highest BCUT2D eigenvalue weighted by atomic mass is 127. The normalized spacial score (nSPS) is 23.6. The number of likely N-dealkylation sites (N-methyl/N-ethyl adjacent to an activating group) is 1. The Balaban J connectivity index is 0.00000320. The van der Waals surface area contributed by atoms with E-state index < -0.39 is 0 Å². The first-order chi connectivity index (χ1) is 14.1. The molecule has 1 amide bonds. The van der Waals surface area contributed by atoms with E-state index in [4.69, 9.17) is 0 Å². The van der Waals surface area contributed by atoms with E-state index in [-0.39, 0.29) is 36.4 Å². The van der Waals surface area contributed by atoms with Gasteiger partial charge in [0.05, 0.1) is 0 Å². The molecule has 0 spiro atoms. The molecule has 2 unspecified atom stereocenters. The fourth-order valence-electron chi connectivity index (χ4n) is 4.46. The minimum absolute atomic E-state index is 0. The lowest BCUT2D eigenvalue weighted by atomic mass is 9.96. The fourth-order valence-corrected chi connectivity index (χ4v) is 4.46. The number of guanidine groups is 1. The van der Waals surface area contributed by atoms with Crippen LogP contribution in [0.15, 0.2) is 35.3 Å². The molecule has 1 aromatic rings. The van der Waals surface area contributed by atoms with Crippen LogP contribution in [-0.4, -0.2) is 67.0 Å². The zero-order valence-corrected chi connectivity index (χ0v) is 21.0. The highest BCUT2D eigenvalue weighted by molar-refractivity contribution is 14.0. The summed E-state index contributed by atoms with van der Waals surface area (Å²) in [6.07, 6.45) is 7.08. The molecular formula is C23H38IN5O. The van der Waals surface area contributed by atoms with Crippen LogP contribution in [0, 0.1) is 0 Å². The molecule has 30 heavy (non-hydrogen) atoms. The number of carbonyl (C=O) groups excluding carboxylic acids is 1. The van der Waals surface area contributed by atoms with Crippen molar-refractivity contribution in [2.45, 2.75) is 70.1 Å². The van der Waals surface area contributed by atoms with Crippen LogP contribution in [-0.2, 0) is 11.3 Å². The van der Waals surface area contributed by atoms with Crippen molar-refractivity contribution in [2.24, 2.45) is 4.99 Å². The Morgan fingerprint density at radius 3 is 2.43 bits per heavy atom. The van der Waals surface area contributed by atoms with Crippen LogP contribution < -0.4 is 10.6 Å². The average Bonchev–Trinajstić information content (AvgIpc) is 2.95. The molecule has 0 radical (unpaired) electrons. The van der Waals surface area contributed by atoms with E-state index in [2.05, 4.69) is 57.8 Å². The number of piperidine rings is 1. The number of amides is 1.